The lowest BCUT2D eigenvalue weighted by Gasteiger charge is -2.18. The van der Waals surface area contributed by atoms with Crippen molar-refractivity contribution in [1.29, 1.82) is 0 Å². The quantitative estimate of drug-likeness (QED) is 0.850. The van der Waals surface area contributed by atoms with Crippen LogP contribution in [0, 0.1) is 0 Å². The molecule has 18 heavy (non-hydrogen) atoms. The highest BCUT2D eigenvalue weighted by Gasteiger charge is 2.12. The maximum atomic E-state index is 5.61. The van der Waals surface area contributed by atoms with Crippen LogP contribution < -0.4 is 5.73 Å². The fourth-order valence-electron chi connectivity index (χ4n) is 1.60. The number of thioether (sulfide) groups is 1. The van der Waals surface area contributed by atoms with Crippen LogP contribution in [0.1, 0.15) is 32.0 Å². The Labute approximate surface area is 117 Å². The molecule has 0 aliphatic heterocycles. The van der Waals surface area contributed by atoms with Crippen molar-refractivity contribution in [3.05, 3.63) is 40.9 Å². The summed E-state index contributed by atoms with van der Waals surface area (Å²) in [6.07, 6.45) is 0. The van der Waals surface area contributed by atoms with Crippen LogP contribution in [0.15, 0.2) is 34.5 Å². The van der Waals surface area contributed by atoms with Crippen molar-refractivity contribution in [2.24, 2.45) is 0 Å². The summed E-state index contributed by atoms with van der Waals surface area (Å²) in [4.78, 5) is 5.53. The zero-order valence-electron chi connectivity index (χ0n) is 10.9. The summed E-state index contributed by atoms with van der Waals surface area (Å²) in [6.45, 7) is 6.69. The Morgan fingerprint density at radius 1 is 1.22 bits per heavy atom. The molecule has 2 nitrogen and oxygen atoms in total. The van der Waals surface area contributed by atoms with Gasteiger partial charge in [0.25, 0.3) is 0 Å². The summed E-state index contributed by atoms with van der Waals surface area (Å²) < 4.78 is 0. The molecule has 0 saturated heterocycles. The minimum absolute atomic E-state index is 0.215. The highest BCUT2D eigenvalue weighted by molar-refractivity contribution is 7.98. The van der Waals surface area contributed by atoms with Gasteiger partial charge in [0.2, 0.25) is 0 Å². The van der Waals surface area contributed by atoms with E-state index in [1.165, 1.54) is 21.8 Å². The molecule has 0 atom stereocenters. The Morgan fingerprint density at radius 2 is 1.89 bits per heavy atom. The molecule has 0 radical (unpaired) electrons. The van der Waals surface area contributed by atoms with E-state index in [1.54, 1.807) is 11.8 Å². The maximum absolute atomic E-state index is 5.61. The average Bonchev–Trinajstić information content (AvgIpc) is 2.72. The van der Waals surface area contributed by atoms with Crippen LogP contribution in [0.5, 0.6) is 0 Å². The third-order valence-electron chi connectivity index (χ3n) is 2.68. The summed E-state index contributed by atoms with van der Waals surface area (Å²) in [7, 11) is 0. The van der Waals surface area contributed by atoms with Crippen molar-refractivity contribution >= 4 is 28.2 Å². The van der Waals surface area contributed by atoms with Crippen molar-refractivity contribution < 1.29 is 0 Å². The zero-order chi connectivity index (χ0) is 13.2. The minimum atomic E-state index is 0.215. The molecular weight excluding hydrogens is 260 g/mol. The highest BCUT2D eigenvalue weighted by atomic mass is 32.2. The van der Waals surface area contributed by atoms with Crippen LogP contribution in [0.3, 0.4) is 0 Å². The van der Waals surface area contributed by atoms with Gasteiger partial charge in [-0.05, 0) is 23.1 Å². The molecule has 1 aromatic carbocycles. The molecule has 0 fully saturated rings. The second-order valence-corrected chi connectivity index (χ2v) is 7.18. The fraction of sp³-hybridized carbons (Fsp3) is 0.357. The van der Waals surface area contributed by atoms with Gasteiger partial charge in [0, 0.05) is 16.0 Å². The predicted octanol–water partition coefficient (Wildman–Crippen LogP) is 4.32. The molecule has 1 heterocycles. The normalized spacial score (nSPS) is 11.7. The lowest BCUT2D eigenvalue weighted by atomic mass is 9.87. The Hall–Kier alpha value is -1.00. The van der Waals surface area contributed by atoms with Crippen molar-refractivity contribution in [2.75, 3.05) is 5.73 Å². The summed E-state index contributed by atoms with van der Waals surface area (Å²) in [6, 6.07) is 8.78. The number of aromatic nitrogens is 1. The molecule has 2 N–H and O–H groups in total. The number of nitrogens with zero attached hydrogens (tertiary/aromatic N) is 1. The number of anilines is 1. The van der Waals surface area contributed by atoms with Gasteiger partial charge < -0.3 is 5.73 Å². The van der Waals surface area contributed by atoms with Crippen molar-refractivity contribution in [3.63, 3.8) is 0 Å². The third-order valence-corrected chi connectivity index (χ3v) is 4.44. The van der Waals surface area contributed by atoms with E-state index in [0.717, 1.165) is 11.4 Å². The Kier molecular flexibility index (Phi) is 3.97. The first kappa shape index (κ1) is 13.4. The van der Waals surface area contributed by atoms with Crippen molar-refractivity contribution in [1.82, 2.24) is 4.98 Å². The monoisotopic (exact) mass is 278 g/mol. The number of hydrogen-bond acceptors (Lipinski definition) is 4. The summed E-state index contributed by atoms with van der Waals surface area (Å²) in [5.41, 5.74) is 8.25. The molecular formula is C14H18N2S2. The first-order valence-electron chi connectivity index (χ1n) is 5.88. The van der Waals surface area contributed by atoms with Crippen LogP contribution in [0.25, 0.3) is 0 Å². The lowest BCUT2D eigenvalue weighted by molar-refractivity contribution is 0.590. The van der Waals surface area contributed by atoms with E-state index in [9.17, 15) is 0 Å². The SMILES string of the molecule is CC(C)(C)c1ccc(SCc2csc(N)n2)cc1. The minimum Gasteiger partial charge on any atom is -0.375 e. The second-order valence-electron chi connectivity index (χ2n) is 5.24. The molecule has 4 heteroatoms. The summed E-state index contributed by atoms with van der Waals surface area (Å²) in [5.74, 6) is 0.878. The lowest BCUT2D eigenvalue weighted by Crippen LogP contribution is -2.10. The van der Waals surface area contributed by atoms with Gasteiger partial charge in [-0.15, -0.1) is 23.1 Å². The van der Waals surface area contributed by atoms with Crippen LogP contribution in [0.4, 0.5) is 5.13 Å². The molecule has 0 saturated carbocycles. The van der Waals surface area contributed by atoms with E-state index >= 15 is 0 Å². The van der Waals surface area contributed by atoms with Gasteiger partial charge in [0.1, 0.15) is 0 Å². The zero-order valence-corrected chi connectivity index (χ0v) is 12.6. The van der Waals surface area contributed by atoms with Crippen molar-refractivity contribution in [2.45, 2.75) is 36.8 Å². The van der Waals surface area contributed by atoms with Gasteiger partial charge in [-0.3, -0.25) is 0 Å². The molecule has 0 unspecified atom stereocenters. The molecule has 2 rings (SSSR count). The third kappa shape index (κ3) is 3.50. The van der Waals surface area contributed by atoms with E-state index in [-0.39, 0.29) is 5.41 Å². The van der Waals surface area contributed by atoms with Crippen LogP contribution in [0.2, 0.25) is 0 Å². The van der Waals surface area contributed by atoms with E-state index in [0.29, 0.717) is 5.13 Å². The first-order valence-corrected chi connectivity index (χ1v) is 7.75. The molecule has 0 aliphatic carbocycles. The maximum Gasteiger partial charge on any atom is 0.180 e. The van der Waals surface area contributed by atoms with Gasteiger partial charge >= 0.3 is 0 Å². The fourth-order valence-corrected chi connectivity index (χ4v) is 3.06. The van der Waals surface area contributed by atoms with Crippen molar-refractivity contribution in [3.8, 4) is 0 Å². The van der Waals surface area contributed by atoms with E-state index < -0.39 is 0 Å². The average molecular weight is 278 g/mol. The predicted molar refractivity (Wildman–Crippen MR) is 81.2 cm³/mol. The summed E-state index contributed by atoms with van der Waals surface area (Å²) in [5, 5.41) is 2.67. The van der Waals surface area contributed by atoms with Gasteiger partial charge in [-0.2, -0.15) is 0 Å². The topological polar surface area (TPSA) is 38.9 Å². The molecule has 0 aliphatic rings. The largest absolute Gasteiger partial charge is 0.375 e. The summed E-state index contributed by atoms with van der Waals surface area (Å²) >= 11 is 3.29. The Morgan fingerprint density at radius 3 is 2.39 bits per heavy atom. The van der Waals surface area contributed by atoms with Gasteiger partial charge in [0.15, 0.2) is 5.13 Å². The number of hydrogen-bond donors (Lipinski definition) is 1. The molecule has 96 valence electrons. The number of nitrogen functional groups attached to an aromatic ring is 1. The second kappa shape index (κ2) is 5.33. The van der Waals surface area contributed by atoms with Gasteiger partial charge in [0.05, 0.1) is 5.69 Å². The molecule has 1 aromatic heterocycles. The first-order chi connectivity index (χ1) is 8.45. The van der Waals surface area contributed by atoms with Crippen LogP contribution >= 0.6 is 23.1 Å². The van der Waals surface area contributed by atoms with E-state index in [1.807, 2.05) is 5.38 Å². The molecule has 0 bridgehead atoms. The molecule has 0 spiro atoms. The smallest absolute Gasteiger partial charge is 0.180 e. The number of thiazole rings is 1. The standard InChI is InChI=1S/C14H18N2S2/c1-14(2,3)10-4-6-12(7-5-10)17-8-11-9-18-13(15)16-11/h4-7,9H,8H2,1-3H3,(H2,15,16). The number of nitrogens with two attached hydrogens (primary N) is 1. The number of benzene rings is 1. The van der Waals surface area contributed by atoms with Gasteiger partial charge in [-0.1, -0.05) is 32.9 Å². The highest BCUT2D eigenvalue weighted by Crippen LogP contribution is 2.27. The number of rotatable bonds is 3. The Bertz CT molecular complexity index is 509. The van der Waals surface area contributed by atoms with E-state index in [4.69, 9.17) is 5.73 Å². The van der Waals surface area contributed by atoms with E-state index in [2.05, 4.69) is 50.0 Å². The van der Waals surface area contributed by atoms with Crippen LogP contribution in [-0.2, 0) is 11.2 Å². The van der Waals surface area contributed by atoms with Gasteiger partial charge in [-0.25, -0.2) is 4.98 Å². The molecule has 2 aromatic rings. The molecule has 0 amide bonds. The van der Waals surface area contributed by atoms with Crippen LogP contribution in [-0.4, -0.2) is 4.98 Å². The Balaban J connectivity index is 1.98.